The fourth-order valence-corrected chi connectivity index (χ4v) is 4.55. The van der Waals surface area contributed by atoms with Crippen molar-refractivity contribution in [2.24, 2.45) is 0 Å². The van der Waals surface area contributed by atoms with Crippen LogP contribution in [0.5, 0.6) is 0 Å². The van der Waals surface area contributed by atoms with Crippen molar-refractivity contribution in [3.63, 3.8) is 0 Å². The molecule has 0 unspecified atom stereocenters. The molecule has 0 saturated heterocycles. The molecule has 0 aliphatic heterocycles. The van der Waals surface area contributed by atoms with Gasteiger partial charge >= 0.3 is 0 Å². The maximum absolute atomic E-state index is 2.64. The molecule has 0 heterocycles. The number of benzene rings is 1. The third-order valence-electron chi connectivity index (χ3n) is 6.97. The third kappa shape index (κ3) is 24.2. The predicted octanol–water partition coefficient (Wildman–Crippen LogP) is 11.9. The molecule has 0 fully saturated rings. The van der Waals surface area contributed by atoms with Crippen LogP contribution in [0.2, 0.25) is 0 Å². The van der Waals surface area contributed by atoms with Crippen LogP contribution >= 0.6 is 0 Å². The summed E-state index contributed by atoms with van der Waals surface area (Å²) in [5, 5.41) is 0. The zero-order valence-corrected chi connectivity index (χ0v) is 24.8. The normalized spacial score (nSPS) is 10.5. The van der Waals surface area contributed by atoms with Gasteiger partial charge in [-0.25, -0.2) is 0 Å². The molecule has 0 aliphatic carbocycles. The molecule has 1 rings (SSSR count). The van der Waals surface area contributed by atoms with Gasteiger partial charge in [0.1, 0.15) is 0 Å². The van der Waals surface area contributed by atoms with Gasteiger partial charge in [0.05, 0.1) is 0 Å². The maximum Gasteiger partial charge on any atom is 0.0360 e. The molecule has 0 amide bonds. The molecule has 0 saturated carbocycles. The van der Waals surface area contributed by atoms with E-state index < -0.39 is 0 Å². The van der Waals surface area contributed by atoms with E-state index in [2.05, 4.69) is 43.9 Å². The van der Waals surface area contributed by atoms with Gasteiger partial charge in [-0.1, -0.05) is 147 Å². The van der Waals surface area contributed by atoms with Crippen LogP contribution in [0.1, 0.15) is 156 Å². The van der Waals surface area contributed by atoms with Crippen LogP contribution in [0.4, 0.5) is 5.69 Å². The number of para-hydroxylation sites is 1. The van der Waals surface area contributed by atoms with E-state index in [1.165, 1.54) is 141 Å². The van der Waals surface area contributed by atoms with Crippen LogP contribution in [0.3, 0.4) is 0 Å². The highest BCUT2D eigenvalue weighted by Gasteiger charge is 2.00. The number of rotatable bonds is 22. The van der Waals surface area contributed by atoms with Gasteiger partial charge in [0.25, 0.3) is 0 Å². The van der Waals surface area contributed by atoms with Crippen LogP contribution in [0, 0.1) is 0 Å². The Morgan fingerprint density at radius 1 is 0.543 bits per heavy atom. The SMILES string of the molecule is CCCCCCCCC=C(CCCCCCCC)CCCCCCCC.CN(C)c1ccccc1. The van der Waals surface area contributed by atoms with Crippen molar-refractivity contribution in [1.29, 1.82) is 0 Å². The number of unbranched alkanes of at least 4 members (excludes halogenated alkanes) is 16. The van der Waals surface area contributed by atoms with Crippen molar-refractivity contribution in [3.05, 3.63) is 42.0 Å². The molecular formula is C34H63N. The third-order valence-corrected chi connectivity index (χ3v) is 6.97. The van der Waals surface area contributed by atoms with E-state index in [0.717, 1.165) is 0 Å². The van der Waals surface area contributed by atoms with Crippen molar-refractivity contribution < 1.29 is 0 Å². The van der Waals surface area contributed by atoms with Gasteiger partial charge in [-0.05, 0) is 50.7 Å². The molecule has 0 aromatic heterocycles. The van der Waals surface area contributed by atoms with E-state index in [4.69, 9.17) is 0 Å². The molecule has 0 N–H and O–H groups in total. The largest absolute Gasteiger partial charge is 0.378 e. The molecule has 0 aliphatic rings. The number of anilines is 1. The highest BCUT2D eigenvalue weighted by atomic mass is 15.1. The van der Waals surface area contributed by atoms with E-state index >= 15 is 0 Å². The molecule has 35 heavy (non-hydrogen) atoms. The van der Waals surface area contributed by atoms with Crippen molar-refractivity contribution in [3.8, 4) is 0 Å². The van der Waals surface area contributed by atoms with Gasteiger partial charge in [-0.2, -0.15) is 0 Å². The van der Waals surface area contributed by atoms with Gasteiger partial charge in [-0.3, -0.25) is 0 Å². The van der Waals surface area contributed by atoms with Crippen LogP contribution in [-0.2, 0) is 0 Å². The average Bonchev–Trinajstić information content (AvgIpc) is 2.88. The van der Waals surface area contributed by atoms with Crippen molar-refractivity contribution in [2.45, 2.75) is 156 Å². The van der Waals surface area contributed by atoms with E-state index in [1.54, 1.807) is 5.57 Å². The van der Waals surface area contributed by atoms with Gasteiger partial charge in [0, 0.05) is 19.8 Å². The van der Waals surface area contributed by atoms with Crippen LogP contribution in [-0.4, -0.2) is 14.1 Å². The number of hydrogen-bond acceptors (Lipinski definition) is 1. The summed E-state index contributed by atoms with van der Waals surface area (Å²) in [6, 6.07) is 10.3. The lowest BCUT2D eigenvalue weighted by Crippen LogP contribution is -2.07. The Balaban J connectivity index is 0.00000106. The molecule has 0 atom stereocenters. The number of hydrogen-bond donors (Lipinski definition) is 0. The lowest BCUT2D eigenvalue weighted by Gasteiger charge is -2.10. The Morgan fingerprint density at radius 2 is 0.943 bits per heavy atom. The summed E-state index contributed by atoms with van der Waals surface area (Å²) >= 11 is 0. The second-order valence-corrected chi connectivity index (χ2v) is 10.7. The molecule has 204 valence electrons. The Kier molecular flexibility index (Phi) is 26.4. The molecule has 1 aromatic carbocycles. The maximum atomic E-state index is 2.64. The first kappa shape index (κ1) is 33.8. The fraction of sp³-hybridized carbons (Fsp3) is 0.765. The molecule has 1 nitrogen and oxygen atoms in total. The number of nitrogens with zero attached hydrogens (tertiary/aromatic N) is 1. The molecule has 1 heteroatoms. The first-order valence-electron chi connectivity index (χ1n) is 15.6. The first-order valence-corrected chi connectivity index (χ1v) is 15.6. The molecule has 0 radical (unpaired) electrons. The topological polar surface area (TPSA) is 3.24 Å². The lowest BCUT2D eigenvalue weighted by atomic mass is 9.98. The summed E-state index contributed by atoms with van der Waals surface area (Å²) < 4.78 is 0. The lowest BCUT2D eigenvalue weighted by molar-refractivity contribution is 0.580. The van der Waals surface area contributed by atoms with Crippen LogP contribution in [0.25, 0.3) is 0 Å². The number of allylic oxidation sites excluding steroid dienone is 2. The highest BCUT2D eigenvalue weighted by molar-refractivity contribution is 5.43. The zero-order chi connectivity index (χ0) is 25.8. The average molecular weight is 486 g/mol. The fourth-order valence-electron chi connectivity index (χ4n) is 4.55. The second-order valence-electron chi connectivity index (χ2n) is 10.7. The summed E-state index contributed by atoms with van der Waals surface area (Å²) in [6.07, 6.45) is 32.4. The minimum Gasteiger partial charge on any atom is -0.378 e. The molecular weight excluding hydrogens is 422 g/mol. The zero-order valence-electron chi connectivity index (χ0n) is 24.8. The summed E-state index contributed by atoms with van der Waals surface area (Å²) in [5.74, 6) is 0. The van der Waals surface area contributed by atoms with Gasteiger partial charge in [-0.15, -0.1) is 0 Å². The predicted molar refractivity (Wildman–Crippen MR) is 163 cm³/mol. The summed E-state index contributed by atoms with van der Waals surface area (Å²) in [7, 11) is 4.07. The smallest absolute Gasteiger partial charge is 0.0360 e. The summed E-state index contributed by atoms with van der Waals surface area (Å²) in [4.78, 5) is 2.08. The van der Waals surface area contributed by atoms with Crippen LogP contribution < -0.4 is 4.90 Å². The Labute approximate surface area is 222 Å². The van der Waals surface area contributed by atoms with Crippen molar-refractivity contribution in [2.75, 3.05) is 19.0 Å². The Bertz CT molecular complexity index is 527. The minimum absolute atomic E-state index is 1.25. The van der Waals surface area contributed by atoms with Gasteiger partial charge in [0.2, 0.25) is 0 Å². The summed E-state index contributed by atoms with van der Waals surface area (Å²) in [5.41, 5.74) is 3.04. The van der Waals surface area contributed by atoms with Gasteiger partial charge < -0.3 is 4.90 Å². The van der Waals surface area contributed by atoms with E-state index in [-0.39, 0.29) is 0 Å². The van der Waals surface area contributed by atoms with Gasteiger partial charge in [0.15, 0.2) is 0 Å². The van der Waals surface area contributed by atoms with E-state index in [0.29, 0.717) is 0 Å². The van der Waals surface area contributed by atoms with Crippen LogP contribution in [0.15, 0.2) is 42.0 Å². The molecule has 0 spiro atoms. The van der Waals surface area contributed by atoms with Crippen molar-refractivity contribution >= 4 is 5.69 Å². The quantitative estimate of drug-likeness (QED) is 0.116. The summed E-state index contributed by atoms with van der Waals surface area (Å²) in [6.45, 7) is 6.92. The minimum atomic E-state index is 1.25. The monoisotopic (exact) mass is 485 g/mol. The first-order chi connectivity index (χ1) is 17.2. The molecule has 0 bridgehead atoms. The highest BCUT2D eigenvalue weighted by Crippen LogP contribution is 2.20. The van der Waals surface area contributed by atoms with Crippen molar-refractivity contribution in [1.82, 2.24) is 0 Å². The standard InChI is InChI=1S/C26H52.C8H11N/c1-4-7-10-13-16-19-22-25-26(23-20-17-14-11-8-5-2)24-21-18-15-12-9-6-3;1-9(2)8-6-4-3-5-7-8/h25H,4-24H2,1-3H3;3-7H,1-2H3. The molecule has 1 aromatic rings. The van der Waals surface area contributed by atoms with E-state index in [1.807, 2.05) is 32.3 Å². The second kappa shape index (κ2) is 27.3. The Morgan fingerprint density at radius 3 is 1.34 bits per heavy atom. The Hall–Kier alpha value is -1.24. The van der Waals surface area contributed by atoms with E-state index in [9.17, 15) is 0 Å².